The SMILES string of the molecule is O=[N+]([O-])c1cc(C(F)(F)F)ccc1NCc1cccnc1N1CCOCC1. The number of alkyl halides is 3. The Kier molecular flexibility index (Phi) is 5.45. The van der Waals surface area contributed by atoms with E-state index in [4.69, 9.17) is 4.74 Å². The number of nitro benzene ring substituents is 1. The molecule has 1 aliphatic heterocycles. The van der Waals surface area contributed by atoms with Crippen LogP contribution >= 0.6 is 0 Å². The minimum atomic E-state index is -4.64. The number of morpholine rings is 1. The maximum atomic E-state index is 12.8. The van der Waals surface area contributed by atoms with Crippen LogP contribution in [0.4, 0.5) is 30.4 Å². The van der Waals surface area contributed by atoms with Gasteiger partial charge in [-0.15, -0.1) is 0 Å². The van der Waals surface area contributed by atoms with Crippen LogP contribution in [0.1, 0.15) is 11.1 Å². The zero-order valence-electron chi connectivity index (χ0n) is 14.2. The van der Waals surface area contributed by atoms with Crippen molar-refractivity contribution in [2.24, 2.45) is 0 Å². The van der Waals surface area contributed by atoms with Crippen molar-refractivity contribution in [3.63, 3.8) is 0 Å². The Balaban J connectivity index is 1.82. The predicted molar refractivity (Wildman–Crippen MR) is 92.7 cm³/mol. The smallest absolute Gasteiger partial charge is 0.378 e. The number of nitrogens with one attached hydrogen (secondary N) is 1. The van der Waals surface area contributed by atoms with Crippen LogP contribution in [0.15, 0.2) is 36.5 Å². The molecule has 0 bridgehead atoms. The summed E-state index contributed by atoms with van der Waals surface area (Å²) in [5.41, 5.74) is -0.879. The molecule has 1 fully saturated rings. The molecular weight excluding hydrogens is 365 g/mol. The average Bonchev–Trinajstić information content (AvgIpc) is 2.66. The van der Waals surface area contributed by atoms with E-state index in [1.54, 1.807) is 12.3 Å². The van der Waals surface area contributed by atoms with Crippen molar-refractivity contribution >= 4 is 17.2 Å². The van der Waals surface area contributed by atoms with E-state index in [1.165, 1.54) is 0 Å². The van der Waals surface area contributed by atoms with Gasteiger partial charge in [-0.2, -0.15) is 13.2 Å². The third kappa shape index (κ3) is 4.45. The lowest BCUT2D eigenvalue weighted by Crippen LogP contribution is -2.37. The number of nitrogens with zero attached hydrogens (tertiary/aromatic N) is 3. The van der Waals surface area contributed by atoms with Crippen molar-refractivity contribution in [2.75, 3.05) is 36.5 Å². The Morgan fingerprint density at radius 3 is 2.67 bits per heavy atom. The van der Waals surface area contributed by atoms with E-state index in [9.17, 15) is 23.3 Å². The Morgan fingerprint density at radius 1 is 1.26 bits per heavy atom. The molecule has 2 heterocycles. The molecule has 144 valence electrons. The van der Waals surface area contributed by atoms with Crippen LogP contribution in [-0.2, 0) is 17.5 Å². The molecule has 10 heteroatoms. The highest BCUT2D eigenvalue weighted by Crippen LogP contribution is 2.35. The van der Waals surface area contributed by atoms with Gasteiger partial charge in [-0.05, 0) is 18.2 Å². The lowest BCUT2D eigenvalue weighted by atomic mass is 10.1. The minimum Gasteiger partial charge on any atom is -0.378 e. The van der Waals surface area contributed by atoms with Crippen LogP contribution in [-0.4, -0.2) is 36.2 Å². The quantitative estimate of drug-likeness (QED) is 0.630. The molecule has 1 aliphatic rings. The molecule has 7 nitrogen and oxygen atoms in total. The zero-order valence-corrected chi connectivity index (χ0v) is 14.2. The van der Waals surface area contributed by atoms with E-state index < -0.39 is 22.4 Å². The molecule has 1 N–H and O–H groups in total. The molecule has 0 spiro atoms. The summed E-state index contributed by atoms with van der Waals surface area (Å²) < 4.78 is 43.7. The van der Waals surface area contributed by atoms with Gasteiger partial charge in [0, 0.05) is 37.5 Å². The fourth-order valence-electron chi connectivity index (χ4n) is 2.83. The van der Waals surface area contributed by atoms with Crippen LogP contribution < -0.4 is 10.2 Å². The number of nitro groups is 1. The van der Waals surface area contributed by atoms with Gasteiger partial charge in [0.1, 0.15) is 11.5 Å². The normalized spacial score (nSPS) is 14.9. The van der Waals surface area contributed by atoms with E-state index >= 15 is 0 Å². The van der Waals surface area contributed by atoms with E-state index in [2.05, 4.69) is 10.3 Å². The van der Waals surface area contributed by atoms with Gasteiger partial charge in [-0.1, -0.05) is 6.07 Å². The summed E-state index contributed by atoms with van der Waals surface area (Å²) in [6, 6.07) is 5.99. The maximum absolute atomic E-state index is 12.8. The second-order valence-corrected chi connectivity index (χ2v) is 5.93. The molecule has 0 aliphatic carbocycles. The van der Waals surface area contributed by atoms with Crippen molar-refractivity contribution in [3.05, 3.63) is 57.8 Å². The summed E-state index contributed by atoms with van der Waals surface area (Å²) in [4.78, 5) is 16.8. The number of anilines is 2. The highest BCUT2D eigenvalue weighted by Gasteiger charge is 2.33. The summed E-state index contributed by atoms with van der Waals surface area (Å²) in [5, 5.41) is 14.1. The number of hydrogen-bond donors (Lipinski definition) is 1. The molecule has 0 atom stereocenters. The second kappa shape index (κ2) is 7.78. The van der Waals surface area contributed by atoms with Gasteiger partial charge in [0.15, 0.2) is 0 Å². The summed E-state index contributed by atoms with van der Waals surface area (Å²) in [6.07, 6.45) is -3.00. The molecule has 1 aromatic heterocycles. The number of benzene rings is 1. The number of hydrogen-bond acceptors (Lipinski definition) is 6. The van der Waals surface area contributed by atoms with Crippen LogP contribution in [0, 0.1) is 10.1 Å². The highest BCUT2D eigenvalue weighted by atomic mass is 19.4. The first-order valence-corrected chi connectivity index (χ1v) is 8.22. The first kappa shape index (κ1) is 18.9. The second-order valence-electron chi connectivity index (χ2n) is 5.93. The van der Waals surface area contributed by atoms with Crippen molar-refractivity contribution in [1.82, 2.24) is 4.98 Å². The summed E-state index contributed by atoms with van der Waals surface area (Å²) in [7, 11) is 0. The van der Waals surface area contributed by atoms with Gasteiger partial charge >= 0.3 is 6.18 Å². The van der Waals surface area contributed by atoms with Crippen molar-refractivity contribution in [2.45, 2.75) is 12.7 Å². The summed E-state index contributed by atoms with van der Waals surface area (Å²) in [5.74, 6) is 0.725. The van der Waals surface area contributed by atoms with Gasteiger partial charge < -0.3 is 15.0 Å². The van der Waals surface area contributed by atoms with Crippen LogP contribution in [0.3, 0.4) is 0 Å². The van der Waals surface area contributed by atoms with Gasteiger partial charge in [0.05, 0.1) is 23.7 Å². The lowest BCUT2D eigenvalue weighted by molar-refractivity contribution is -0.384. The summed E-state index contributed by atoms with van der Waals surface area (Å²) in [6.45, 7) is 2.68. The van der Waals surface area contributed by atoms with E-state index in [1.807, 2.05) is 11.0 Å². The van der Waals surface area contributed by atoms with Crippen LogP contribution in [0.5, 0.6) is 0 Å². The molecule has 0 amide bonds. The van der Waals surface area contributed by atoms with Crippen LogP contribution in [0.25, 0.3) is 0 Å². The van der Waals surface area contributed by atoms with Gasteiger partial charge in [0.2, 0.25) is 0 Å². The van der Waals surface area contributed by atoms with Gasteiger partial charge in [0.25, 0.3) is 5.69 Å². The number of halogens is 3. The van der Waals surface area contributed by atoms with E-state index in [-0.39, 0.29) is 12.2 Å². The number of pyridine rings is 1. The topological polar surface area (TPSA) is 80.5 Å². The lowest BCUT2D eigenvalue weighted by Gasteiger charge is -2.29. The number of ether oxygens (including phenoxy) is 1. The highest BCUT2D eigenvalue weighted by molar-refractivity contribution is 5.63. The third-order valence-electron chi connectivity index (χ3n) is 4.17. The Labute approximate surface area is 152 Å². The number of aromatic nitrogens is 1. The van der Waals surface area contributed by atoms with E-state index in [0.717, 1.165) is 23.5 Å². The van der Waals surface area contributed by atoms with Gasteiger partial charge in [-0.25, -0.2) is 4.98 Å². The molecule has 0 radical (unpaired) electrons. The first-order valence-electron chi connectivity index (χ1n) is 8.22. The van der Waals surface area contributed by atoms with Crippen molar-refractivity contribution in [3.8, 4) is 0 Å². The molecular formula is C17H17F3N4O3. The molecule has 0 saturated carbocycles. The fourth-order valence-corrected chi connectivity index (χ4v) is 2.83. The third-order valence-corrected chi connectivity index (χ3v) is 4.17. The Hall–Kier alpha value is -2.88. The Bertz CT molecular complexity index is 823. The van der Waals surface area contributed by atoms with E-state index in [0.29, 0.717) is 32.4 Å². The molecule has 1 aromatic carbocycles. The largest absolute Gasteiger partial charge is 0.416 e. The van der Waals surface area contributed by atoms with Crippen molar-refractivity contribution < 1.29 is 22.8 Å². The Morgan fingerprint density at radius 2 is 2.00 bits per heavy atom. The monoisotopic (exact) mass is 382 g/mol. The van der Waals surface area contributed by atoms with Gasteiger partial charge in [-0.3, -0.25) is 10.1 Å². The minimum absolute atomic E-state index is 0.0183. The first-order chi connectivity index (χ1) is 12.9. The zero-order chi connectivity index (χ0) is 19.4. The molecule has 2 aromatic rings. The van der Waals surface area contributed by atoms with Crippen molar-refractivity contribution in [1.29, 1.82) is 0 Å². The molecule has 0 unspecified atom stereocenters. The molecule has 3 rings (SSSR count). The molecule has 1 saturated heterocycles. The standard InChI is InChI=1S/C17H17F3N4O3/c18-17(19,20)13-3-4-14(15(10-13)24(25)26)22-11-12-2-1-5-21-16(12)23-6-8-27-9-7-23/h1-5,10,22H,6-9,11H2. The number of rotatable bonds is 5. The average molecular weight is 382 g/mol. The fraction of sp³-hybridized carbons (Fsp3) is 0.353. The molecule has 27 heavy (non-hydrogen) atoms. The van der Waals surface area contributed by atoms with Crippen LogP contribution in [0.2, 0.25) is 0 Å². The maximum Gasteiger partial charge on any atom is 0.416 e. The summed E-state index contributed by atoms with van der Waals surface area (Å²) >= 11 is 0. The predicted octanol–water partition coefficient (Wildman–Crippen LogP) is 3.46.